The van der Waals surface area contributed by atoms with Crippen LogP contribution in [-0.4, -0.2) is 28.4 Å². The molecule has 0 saturated heterocycles. The molecular weight excluding hydrogens is 266 g/mol. The Morgan fingerprint density at radius 2 is 1.90 bits per heavy atom. The Bertz CT molecular complexity index is 682. The fourth-order valence-electron chi connectivity index (χ4n) is 1.85. The third-order valence-corrected chi connectivity index (χ3v) is 2.89. The summed E-state index contributed by atoms with van der Waals surface area (Å²) in [5.41, 5.74) is 2.04. The van der Waals surface area contributed by atoms with Crippen LogP contribution < -0.4 is 10.6 Å². The van der Waals surface area contributed by atoms with E-state index in [1.165, 1.54) is 0 Å². The number of nitrogens with zero attached hydrogens (tertiary/aromatic N) is 3. The van der Waals surface area contributed by atoms with E-state index in [2.05, 4.69) is 25.6 Å². The lowest BCUT2D eigenvalue weighted by Gasteiger charge is -2.18. The molecule has 6 nitrogen and oxygen atoms in total. The van der Waals surface area contributed by atoms with Gasteiger partial charge in [0.1, 0.15) is 5.69 Å². The molecule has 1 amide bonds. The van der Waals surface area contributed by atoms with Crippen molar-refractivity contribution in [1.29, 1.82) is 0 Å². The Labute approximate surface area is 121 Å². The van der Waals surface area contributed by atoms with Crippen LogP contribution in [-0.2, 0) is 0 Å². The van der Waals surface area contributed by atoms with Crippen molar-refractivity contribution >= 4 is 17.7 Å². The van der Waals surface area contributed by atoms with Crippen molar-refractivity contribution in [3.8, 4) is 0 Å². The highest BCUT2D eigenvalue weighted by atomic mass is 16.2. The van der Waals surface area contributed by atoms with E-state index < -0.39 is 6.29 Å². The Morgan fingerprint density at radius 3 is 2.52 bits per heavy atom. The van der Waals surface area contributed by atoms with Gasteiger partial charge in [-0.15, -0.1) is 0 Å². The average molecular weight is 279 g/mol. The van der Waals surface area contributed by atoms with Gasteiger partial charge >= 0.3 is 0 Å². The summed E-state index contributed by atoms with van der Waals surface area (Å²) in [5, 5.41) is 5.74. The number of aliphatic imine (C=N–C) groups is 1. The molecule has 6 heteroatoms. The zero-order valence-electron chi connectivity index (χ0n) is 11.1. The first kappa shape index (κ1) is 13.0. The topological polar surface area (TPSA) is 79.3 Å². The Kier molecular flexibility index (Phi) is 3.68. The van der Waals surface area contributed by atoms with Crippen LogP contribution in [0.5, 0.6) is 0 Å². The standard InChI is InChI=1S/C15H13N5O/c21-14(13-6-2-4-8-17-13)20-15-18-9-11(10-19-15)12-5-1-3-7-16-12/h1-10,15,18H,(H,20,21). The first-order chi connectivity index (χ1) is 10.3. The first-order valence-corrected chi connectivity index (χ1v) is 6.45. The lowest BCUT2D eigenvalue weighted by molar-refractivity contribution is 0.0929. The van der Waals surface area contributed by atoms with Crippen LogP contribution in [0, 0.1) is 0 Å². The Balaban J connectivity index is 1.63. The van der Waals surface area contributed by atoms with Gasteiger partial charge in [0.25, 0.3) is 5.91 Å². The third-order valence-electron chi connectivity index (χ3n) is 2.89. The number of aromatic nitrogens is 2. The van der Waals surface area contributed by atoms with Crippen LogP contribution in [0.25, 0.3) is 5.57 Å². The second kappa shape index (κ2) is 5.96. The molecule has 0 aromatic carbocycles. The molecule has 2 N–H and O–H groups in total. The quantitative estimate of drug-likeness (QED) is 0.885. The van der Waals surface area contributed by atoms with Gasteiger partial charge in [0, 0.05) is 30.4 Å². The van der Waals surface area contributed by atoms with Crippen LogP contribution in [0.15, 0.2) is 60.0 Å². The molecule has 1 aliphatic heterocycles. The van der Waals surface area contributed by atoms with Gasteiger partial charge < -0.3 is 10.6 Å². The molecule has 0 fully saturated rings. The van der Waals surface area contributed by atoms with Crippen LogP contribution in [0.4, 0.5) is 0 Å². The lowest BCUT2D eigenvalue weighted by atomic mass is 10.2. The molecule has 0 saturated carbocycles. The van der Waals surface area contributed by atoms with Crippen molar-refractivity contribution in [1.82, 2.24) is 20.6 Å². The van der Waals surface area contributed by atoms with E-state index in [0.717, 1.165) is 11.3 Å². The molecule has 3 heterocycles. The van der Waals surface area contributed by atoms with Gasteiger partial charge in [0.15, 0.2) is 6.29 Å². The minimum Gasteiger partial charge on any atom is -0.352 e. The van der Waals surface area contributed by atoms with Crippen LogP contribution in [0.2, 0.25) is 0 Å². The number of carbonyl (C=O) groups is 1. The van der Waals surface area contributed by atoms with E-state index in [1.807, 2.05) is 18.2 Å². The van der Waals surface area contributed by atoms with Crippen molar-refractivity contribution in [2.75, 3.05) is 0 Å². The lowest BCUT2D eigenvalue weighted by Crippen LogP contribution is -2.43. The first-order valence-electron chi connectivity index (χ1n) is 6.45. The monoisotopic (exact) mass is 279 g/mol. The Morgan fingerprint density at radius 1 is 1.10 bits per heavy atom. The summed E-state index contributed by atoms with van der Waals surface area (Å²) in [5.74, 6) is -0.278. The molecule has 1 atom stereocenters. The zero-order chi connectivity index (χ0) is 14.5. The summed E-state index contributed by atoms with van der Waals surface area (Å²) in [6.07, 6.45) is 6.25. The second-order valence-corrected chi connectivity index (χ2v) is 4.35. The number of hydrogen-bond acceptors (Lipinski definition) is 5. The fourth-order valence-corrected chi connectivity index (χ4v) is 1.85. The maximum absolute atomic E-state index is 11.9. The van der Waals surface area contributed by atoms with Gasteiger partial charge in [0.05, 0.1) is 5.69 Å². The molecular formula is C15H13N5O. The van der Waals surface area contributed by atoms with E-state index in [9.17, 15) is 4.79 Å². The summed E-state index contributed by atoms with van der Waals surface area (Å²) in [6, 6.07) is 10.8. The number of nitrogens with one attached hydrogen (secondary N) is 2. The minimum absolute atomic E-state index is 0.278. The molecule has 104 valence electrons. The highest BCUT2D eigenvalue weighted by molar-refractivity contribution is 6.09. The molecule has 3 rings (SSSR count). The van der Waals surface area contributed by atoms with Gasteiger partial charge in [-0.05, 0) is 24.3 Å². The van der Waals surface area contributed by atoms with E-state index in [-0.39, 0.29) is 5.91 Å². The number of hydrogen-bond donors (Lipinski definition) is 2. The predicted octanol–water partition coefficient (Wildman–Crippen LogP) is 1.21. The highest BCUT2D eigenvalue weighted by Gasteiger charge is 2.14. The van der Waals surface area contributed by atoms with E-state index >= 15 is 0 Å². The zero-order valence-corrected chi connectivity index (χ0v) is 11.1. The summed E-state index contributed by atoms with van der Waals surface area (Å²) in [7, 11) is 0. The van der Waals surface area contributed by atoms with E-state index in [4.69, 9.17) is 0 Å². The maximum atomic E-state index is 11.9. The summed E-state index contributed by atoms with van der Waals surface area (Å²) < 4.78 is 0. The summed E-state index contributed by atoms with van der Waals surface area (Å²) in [6.45, 7) is 0. The average Bonchev–Trinajstić information content (AvgIpc) is 2.57. The SMILES string of the molecule is O=C(NC1N=CC(c2ccccn2)=CN1)c1ccccn1. The Hall–Kier alpha value is -3.02. The maximum Gasteiger partial charge on any atom is 0.272 e. The summed E-state index contributed by atoms with van der Waals surface area (Å²) in [4.78, 5) is 24.4. The third kappa shape index (κ3) is 3.11. The highest BCUT2D eigenvalue weighted by Crippen LogP contribution is 2.10. The number of pyridine rings is 2. The molecule has 2 aromatic heterocycles. The minimum atomic E-state index is -0.507. The van der Waals surface area contributed by atoms with E-state index in [0.29, 0.717) is 5.69 Å². The van der Waals surface area contributed by atoms with E-state index in [1.54, 1.807) is 43.0 Å². The van der Waals surface area contributed by atoms with Crippen molar-refractivity contribution < 1.29 is 4.79 Å². The molecule has 0 radical (unpaired) electrons. The number of amides is 1. The molecule has 0 aliphatic carbocycles. The number of rotatable bonds is 3. The van der Waals surface area contributed by atoms with Crippen LogP contribution in [0.1, 0.15) is 16.2 Å². The van der Waals surface area contributed by atoms with Crippen LogP contribution >= 0.6 is 0 Å². The van der Waals surface area contributed by atoms with Gasteiger partial charge in [-0.3, -0.25) is 14.8 Å². The summed E-state index contributed by atoms with van der Waals surface area (Å²) >= 11 is 0. The molecule has 0 bridgehead atoms. The number of allylic oxidation sites excluding steroid dienone is 1. The molecule has 1 aliphatic rings. The fraction of sp³-hybridized carbons (Fsp3) is 0.0667. The van der Waals surface area contributed by atoms with Crippen molar-refractivity contribution in [3.05, 3.63) is 66.4 Å². The van der Waals surface area contributed by atoms with Crippen molar-refractivity contribution in [2.24, 2.45) is 4.99 Å². The smallest absolute Gasteiger partial charge is 0.272 e. The molecule has 0 spiro atoms. The van der Waals surface area contributed by atoms with Gasteiger partial charge in [0.2, 0.25) is 0 Å². The normalized spacial score (nSPS) is 16.8. The van der Waals surface area contributed by atoms with Crippen LogP contribution in [0.3, 0.4) is 0 Å². The predicted molar refractivity (Wildman–Crippen MR) is 79.3 cm³/mol. The van der Waals surface area contributed by atoms with Crippen molar-refractivity contribution in [2.45, 2.75) is 6.29 Å². The number of carbonyl (C=O) groups excluding carboxylic acids is 1. The second-order valence-electron chi connectivity index (χ2n) is 4.35. The van der Waals surface area contributed by atoms with Gasteiger partial charge in [-0.2, -0.15) is 0 Å². The molecule has 1 unspecified atom stereocenters. The van der Waals surface area contributed by atoms with Gasteiger partial charge in [-0.25, -0.2) is 4.99 Å². The van der Waals surface area contributed by atoms with Crippen molar-refractivity contribution in [3.63, 3.8) is 0 Å². The van der Waals surface area contributed by atoms with Gasteiger partial charge in [-0.1, -0.05) is 12.1 Å². The molecule has 2 aromatic rings. The largest absolute Gasteiger partial charge is 0.352 e. The molecule has 21 heavy (non-hydrogen) atoms.